The molecule has 0 aliphatic rings. The van der Waals surface area contributed by atoms with E-state index in [0.29, 0.717) is 6.61 Å². The highest BCUT2D eigenvalue weighted by molar-refractivity contribution is 9.10. The lowest BCUT2D eigenvalue weighted by Crippen LogP contribution is -1.88. The number of aromatic nitrogens is 2. The van der Waals surface area contributed by atoms with Crippen LogP contribution in [0.3, 0.4) is 0 Å². The number of benzene rings is 1. The Morgan fingerprint density at radius 2 is 1.54 bits per heavy atom. The van der Waals surface area contributed by atoms with E-state index in [1.54, 1.807) is 0 Å². The van der Waals surface area contributed by atoms with Gasteiger partial charge in [0.15, 0.2) is 0 Å². The molecule has 0 saturated heterocycles. The predicted octanol–water partition coefficient (Wildman–Crippen LogP) is 6.71. The van der Waals surface area contributed by atoms with E-state index in [-0.39, 0.29) is 0 Å². The molecule has 0 aliphatic heterocycles. The summed E-state index contributed by atoms with van der Waals surface area (Å²) >= 11 is 3.50. The van der Waals surface area contributed by atoms with Crippen LogP contribution in [-0.4, -0.2) is 21.7 Å². The number of hydrogen-bond acceptors (Lipinski definition) is 2. The average molecular weight is 421 g/mol. The third-order valence-electron chi connectivity index (χ3n) is 4.72. The molecule has 1 aromatic heterocycles. The summed E-state index contributed by atoms with van der Waals surface area (Å²) in [6.45, 7) is 0.339. The molecule has 1 aromatic carbocycles. The van der Waals surface area contributed by atoms with E-state index in [0.717, 1.165) is 40.6 Å². The third-order valence-corrected chi connectivity index (χ3v) is 5.22. The van der Waals surface area contributed by atoms with E-state index in [1.165, 1.54) is 57.8 Å². The summed E-state index contributed by atoms with van der Waals surface area (Å²) in [4.78, 5) is 8.08. The summed E-state index contributed by atoms with van der Waals surface area (Å²) < 4.78 is 1.09. The Labute approximate surface area is 166 Å². The van der Waals surface area contributed by atoms with Crippen molar-refractivity contribution in [1.29, 1.82) is 0 Å². The molecule has 2 aromatic rings. The second kappa shape index (κ2) is 13.1. The molecule has 4 heteroatoms. The number of nitrogens with zero attached hydrogens (tertiary/aromatic N) is 1. The molecule has 3 nitrogen and oxygen atoms in total. The molecule has 26 heavy (non-hydrogen) atoms. The van der Waals surface area contributed by atoms with Crippen molar-refractivity contribution in [2.24, 2.45) is 0 Å². The number of fused-ring (bicyclic) bond motifs is 1. The van der Waals surface area contributed by atoms with Crippen molar-refractivity contribution in [1.82, 2.24) is 9.97 Å². The van der Waals surface area contributed by atoms with Crippen molar-refractivity contribution in [3.05, 3.63) is 40.6 Å². The Balaban J connectivity index is 1.44. The Hall–Kier alpha value is -1.13. The molecule has 1 heterocycles. The minimum Gasteiger partial charge on any atom is -0.396 e. The highest BCUT2D eigenvalue weighted by Gasteiger charge is 2.03. The van der Waals surface area contributed by atoms with Gasteiger partial charge in [-0.1, -0.05) is 60.2 Å². The van der Waals surface area contributed by atoms with Crippen molar-refractivity contribution < 1.29 is 5.11 Å². The van der Waals surface area contributed by atoms with Crippen LogP contribution in [0.4, 0.5) is 0 Å². The standard InChI is InChI=1S/C22H33BrN2O/c23-19-15-16-20-21(18-19)25-22(24-20)14-12-10-8-6-4-2-1-3-5-7-9-11-13-17-26/h1,3,15-16,18,26H,2,4-14,17H2,(H,24,25)/b3-1+. The lowest BCUT2D eigenvalue weighted by Gasteiger charge is -1.99. The summed E-state index contributed by atoms with van der Waals surface area (Å²) in [7, 11) is 0. The number of aliphatic hydroxyl groups is 1. The smallest absolute Gasteiger partial charge is 0.107 e. The van der Waals surface area contributed by atoms with E-state index < -0.39 is 0 Å². The van der Waals surface area contributed by atoms with E-state index >= 15 is 0 Å². The minimum absolute atomic E-state index is 0.339. The largest absolute Gasteiger partial charge is 0.396 e. The molecule has 0 saturated carbocycles. The Morgan fingerprint density at radius 3 is 2.27 bits per heavy atom. The maximum absolute atomic E-state index is 8.72. The van der Waals surface area contributed by atoms with Crippen molar-refractivity contribution in [2.45, 2.75) is 77.0 Å². The zero-order valence-corrected chi connectivity index (χ0v) is 17.4. The lowest BCUT2D eigenvalue weighted by molar-refractivity contribution is 0.282. The maximum Gasteiger partial charge on any atom is 0.107 e. The first-order valence-corrected chi connectivity index (χ1v) is 11.0. The van der Waals surface area contributed by atoms with Crippen LogP contribution in [0.15, 0.2) is 34.8 Å². The van der Waals surface area contributed by atoms with Crippen LogP contribution in [0.5, 0.6) is 0 Å². The number of aliphatic hydroxyl groups excluding tert-OH is 1. The topological polar surface area (TPSA) is 48.9 Å². The zero-order chi connectivity index (χ0) is 18.5. The van der Waals surface area contributed by atoms with E-state index in [4.69, 9.17) is 5.11 Å². The molecule has 0 unspecified atom stereocenters. The van der Waals surface area contributed by atoms with Crippen LogP contribution in [0.2, 0.25) is 0 Å². The number of halogens is 1. The van der Waals surface area contributed by atoms with Gasteiger partial charge in [-0.15, -0.1) is 0 Å². The molecular weight excluding hydrogens is 388 g/mol. The summed E-state index contributed by atoms with van der Waals surface area (Å²) in [6.07, 6.45) is 19.2. The molecule has 144 valence electrons. The van der Waals surface area contributed by atoms with Gasteiger partial charge in [0.25, 0.3) is 0 Å². The fourth-order valence-corrected chi connectivity index (χ4v) is 3.56. The van der Waals surface area contributed by atoms with Gasteiger partial charge < -0.3 is 10.1 Å². The van der Waals surface area contributed by atoms with Gasteiger partial charge in [0, 0.05) is 17.5 Å². The van der Waals surface area contributed by atoms with Crippen molar-refractivity contribution in [2.75, 3.05) is 6.61 Å². The second-order valence-electron chi connectivity index (χ2n) is 7.05. The first kappa shape index (κ1) is 21.2. The fraction of sp³-hybridized carbons (Fsp3) is 0.591. The number of imidazole rings is 1. The summed E-state index contributed by atoms with van der Waals surface area (Å²) in [6, 6.07) is 6.19. The van der Waals surface area contributed by atoms with Gasteiger partial charge in [-0.05, 0) is 56.7 Å². The SMILES string of the molecule is OCCCCCC/C=C/CCCCCCCc1nc2ccc(Br)cc2[nH]1. The van der Waals surface area contributed by atoms with Gasteiger partial charge in [0.1, 0.15) is 5.82 Å². The molecule has 0 amide bonds. The minimum atomic E-state index is 0.339. The van der Waals surface area contributed by atoms with Gasteiger partial charge in [-0.25, -0.2) is 4.98 Å². The van der Waals surface area contributed by atoms with Gasteiger partial charge in [-0.2, -0.15) is 0 Å². The van der Waals surface area contributed by atoms with Crippen LogP contribution in [0, 0.1) is 0 Å². The number of unbranched alkanes of at least 4 members (excludes halogenated alkanes) is 9. The molecule has 2 N–H and O–H groups in total. The fourth-order valence-electron chi connectivity index (χ4n) is 3.20. The first-order valence-electron chi connectivity index (χ1n) is 10.2. The zero-order valence-electron chi connectivity index (χ0n) is 15.9. The van der Waals surface area contributed by atoms with Crippen molar-refractivity contribution in [3.8, 4) is 0 Å². The molecule has 0 fully saturated rings. The van der Waals surface area contributed by atoms with E-state index in [2.05, 4.69) is 50.2 Å². The normalized spacial score (nSPS) is 11.8. The Bertz CT molecular complexity index is 651. The second-order valence-corrected chi connectivity index (χ2v) is 7.96. The molecule has 0 atom stereocenters. The van der Waals surface area contributed by atoms with Gasteiger partial charge >= 0.3 is 0 Å². The maximum atomic E-state index is 8.72. The van der Waals surface area contributed by atoms with Crippen LogP contribution in [0.1, 0.15) is 76.5 Å². The van der Waals surface area contributed by atoms with Crippen LogP contribution in [0.25, 0.3) is 11.0 Å². The average Bonchev–Trinajstić information content (AvgIpc) is 3.04. The number of nitrogens with one attached hydrogen (secondary N) is 1. The van der Waals surface area contributed by atoms with E-state index in [9.17, 15) is 0 Å². The van der Waals surface area contributed by atoms with Gasteiger partial charge in [-0.3, -0.25) is 0 Å². The first-order chi connectivity index (χ1) is 12.8. The number of H-pyrrole nitrogens is 1. The molecule has 0 spiro atoms. The summed E-state index contributed by atoms with van der Waals surface area (Å²) in [5, 5.41) is 8.72. The Kier molecular flexibility index (Phi) is 10.7. The number of hydrogen-bond donors (Lipinski definition) is 2. The quantitative estimate of drug-likeness (QED) is 0.263. The van der Waals surface area contributed by atoms with Crippen molar-refractivity contribution in [3.63, 3.8) is 0 Å². The molecule has 2 rings (SSSR count). The number of allylic oxidation sites excluding steroid dienone is 2. The highest BCUT2D eigenvalue weighted by atomic mass is 79.9. The number of aryl methyl sites for hydroxylation is 1. The van der Waals surface area contributed by atoms with Crippen molar-refractivity contribution >= 4 is 27.0 Å². The van der Waals surface area contributed by atoms with Gasteiger partial charge in [0.05, 0.1) is 11.0 Å². The molecule has 0 radical (unpaired) electrons. The number of rotatable bonds is 14. The molecule has 0 bridgehead atoms. The van der Waals surface area contributed by atoms with Crippen LogP contribution in [-0.2, 0) is 6.42 Å². The van der Waals surface area contributed by atoms with E-state index in [1.807, 2.05) is 6.07 Å². The van der Waals surface area contributed by atoms with Gasteiger partial charge in [0.2, 0.25) is 0 Å². The predicted molar refractivity (Wildman–Crippen MR) is 115 cm³/mol. The lowest BCUT2D eigenvalue weighted by atomic mass is 10.1. The molecule has 0 aliphatic carbocycles. The van der Waals surface area contributed by atoms with Crippen LogP contribution < -0.4 is 0 Å². The summed E-state index contributed by atoms with van der Waals surface area (Å²) in [5.41, 5.74) is 2.18. The summed E-state index contributed by atoms with van der Waals surface area (Å²) in [5.74, 6) is 1.11. The molecular formula is C22H33BrN2O. The number of aromatic amines is 1. The highest BCUT2D eigenvalue weighted by Crippen LogP contribution is 2.18. The Morgan fingerprint density at radius 1 is 0.885 bits per heavy atom. The monoisotopic (exact) mass is 420 g/mol. The third kappa shape index (κ3) is 8.50. The van der Waals surface area contributed by atoms with Crippen LogP contribution >= 0.6 is 15.9 Å².